The maximum Gasteiger partial charge on any atom is 0.374 e. The quantitative estimate of drug-likeness (QED) is 0.280. The molecule has 3 aliphatic carbocycles. The lowest BCUT2D eigenvalue weighted by Crippen LogP contribution is -2.65. The number of ketones is 2. The van der Waals surface area contributed by atoms with Gasteiger partial charge in [-0.3, -0.25) is 9.59 Å². The molecule has 7 heteroatoms. The number of allylic oxidation sites excluding steroid dienone is 2. The molecule has 0 spiro atoms. The summed E-state index contributed by atoms with van der Waals surface area (Å²) in [5.41, 5.74) is -2.29. The van der Waals surface area contributed by atoms with Crippen LogP contribution in [0.25, 0.3) is 0 Å². The first-order valence-corrected chi connectivity index (χ1v) is 14.2. The molecule has 7 nitrogen and oxygen atoms in total. The number of rotatable bonds is 7. The molecule has 4 aliphatic rings. The monoisotopic (exact) mass is 532 g/mol. The number of esters is 1. The smallest absolute Gasteiger partial charge is 0.374 e. The molecule has 0 bridgehead atoms. The van der Waals surface area contributed by atoms with E-state index in [1.807, 2.05) is 20.8 Å². The predicted octanol–water partition coefficient (Wildman–Crippen LogP) is 4.62. The minimum Gasteiger partial charge on any atom is -0.463 e. The number of methoxy groups -OCH3 is 1. The summed E-state index contributed by atoms with van der Waals surface area (Å²) in [6, 6.07) is 0. The summed E-state index contributed by atoms with van der Waals surface area (Å²) in [5.74, 6) is -1.66. The second kappa shape index (κ2) is 9.24. The molecule has 0 aromatic heterocycles. The number of aliphatic hydroxyl groups is 2. The van der Waals surface area contributed by atoms with Crippen molar-refractivity contribution < 1.29 is 34.1 Å². The highest BCUT2D eigenvalue weighted by Gasteiger charge is 2.75. The molecule has 1 saturated heterocycles. The average Bonchev–Trinajstić information content (AvgIpc) is 3.28. The molecular weight excluding hydrogens is 484 g/mol. The molecular formula is C31H48O7. The number of hydrogen-bond donors (Lipinski definition) is 2. The molecule has 1 aliphatic heterocycles. The van der Waals surface area contributed by atoms with E-state index in [4.69, 9.17) is 9.47 Å². The number of hydrogen-bond acceptors (Lipinski definition) is 7. The Balaban J connectivity index is 1.71. The highest BCUT2D eigenvalue weighted by atomic mass is 16.6. The van der Waals surface area contributed by atoms with Crippen molar-refractivity contribution in [2.24, 2.45) is 45.3 Å². The molecule has 0 aromatic rings. The third kappa shape index (κ3) is 3.97. The maximum absolute atomic E-state index is 13.2. The van der Waals surface area contributed by atoms with Crippen LogP contribution in [0.5, 0.6) is 0 Å². The summed E-state index contributed by atoms with van der Waals surface area (Å²) in [6.45, 7) is 15.9. The number of fused-ring (bicyclic) bond motifs is 2. The minimum atomic E-state index is -1.14. The summed E-state index contributed by atoms with van der Waals surface area (Å²) in [6.07, 6.45) is 4.38. The van der Waals surface area contributed by atoms with Gasteiger partial charge in [-0.25, -0.2) is 4.79 Å². The van der Waals surface area contributed by atoms with Crippen LogP contribution in [0.1, 0.15) is 93.9 Å². The highest BCUT2D eigenvalue weighted by Crippen LogP contribution is 2.76. The second-order valence-corrected chi connectivity index (χ2v) is 14.5. The molecule has 214 valence electrons. The van der Waals surface area contributed by atoms with E-state index < -0.39 is 34.5 Å². The first kappa shape index (κ1) is 29.4. The van der Waals surface area contributed by atoms with E-state index in [0.717, 1.165) is 24.8 Å². The van der Waals surface area contributed by atoms with Crippen LogP contribution in [-0.2, 0) is 23.9 Å². The van der Waals surface area contributed by atoms with E-state index in [2.05, 4.69) is 13.8 Å². The van der Waals surface area contributed by atoms with Gasteiger partial charge < -0.3 is 19.7 Å². The van der Waals surface area contributed by atoms with Gasteiger partial charge in [0, 0.05) is 23.2 Å². The van der Waals surface area contributed by atoms with E-state index in [-0.39, 0.29) is 52.8 Å². The average molecular weight is 533 g/mol. The van der Waals surface area contributed by atoms with Crippen molar-refractivity contribution >= 4 is 17.5 Å². The van der Waals surface area contributed by atoms with Crippen LogP contribution in [0.3, 0.4) is 0 Å². The lowest BCUT2D eigenvalue weighted by molar-refractivity contribution is -0.202. The molecule has 1 heterocycles. The van der Waals surface area contributed by atoms with E-state index >= 15 is 0 Å². The van der Waals surface area contributed by atoms with Gasteiger partial charge in [-0.15, -0.1) is 0 Å². The minimum absolute atomic E-state index is 0.00859. The van der Waals surface area contributed by atoms with E-state index in [1.54, 1.807) is 26.8 Å². The fourth-order valence-electron chi connectivity index (χ4n) is 10.1. The van der Waals surface area contributed by atoms with Crippen molar-refractivity contribution in [1.82, 2.24) is 0 Å². The van der Waals surface area contributed by atoms with Gasteiger partial charge in [0.25, 0.3) is 0 Å². The normalized spacial score (nSPS) is 43.4. The molecule has 0 aromatic carbocycles. The topological polar surface area (TPSA) is 110 Å². The lowest BCUT2D eigenvalue weighted by atomic mass is 9.37. The zero-order chi connectivity index (χ0) is 28.6. The first-order valence-electron chi connectivity index (χ1n) is 14.2. The summed E-state index contributed by atoms with van der Waals surface area (Å²) in [5, 5.41) is 23.1. The molecule has 10 atom stereocenters. The third-order valence-electron chi connectivity index (χ3n) is 11.9. The Hall–Kier alpha value is -1.57. The summed E-state index contributed by atoms with van der Waals surface area (Å²) in [7, 11) is 1.22. The number of carbonyl (C=O) groups is 3. The van der Waals surface area contributed by atoms with E-state index in [0.29, 0.717) is 12.8 Å². The van der Waals surface area contributed by atoms with Gasteiger partial charge in [-0.05, 0) is 87.5 Å². The molecule has 4 rings (SSSR count). The Bertz CT molecular complexity index is 1040. The Morgan fingerprint density at radius 2 is 1.66 bits per heavy atom. The van der Waals surface area contributed by atoms with Crippen LogP contribution in [0.4, 0.5) is 0 Å². The van der Waals surface area contributed by atoms with Crippen LogP contribution in [0.2, 0.25) is 0 Å². The summed E-state index contributed by atoms with van der Waals surface area (Å²) >= 11 is 0. The van der Waals surface area contributed by atoms with Gasteiger partial charge in [0.05, 0.1) is 18.8 Å². The molecule has 0 radical (unpaired) electrons. The number of Topliss-reactive ketones (excluding diaryl/α,β-unsaturated/α-hetero) is 1. The Morgan fingerprint density at radius 1 is 1.05 bits per heavy atom. The Labute approximate surface area is 227 Å². The molecule has 10 unspecified atom stereocenters. The van der Waals surface area contributed by atoms with Crippen LogP contribution in [-0.4, -0.2) is 52.9 Å². The predicted molar refractivity (Wildman–Crippen MR) is 143 cm³/mol. The van der Waals surface area contributed by atoms with Crippen LogP contribution in [0, 0.1) is 45.3 Å². The van der Waals surface area contributed by atoms with Gasteiger partial charge in [0.2, 0.25) is 5.78 Å². The van der Waals surface area contributed by atoms with Crippen molar-refractivity contribution in [2.75, 3.05) is 7.11 Å². The number of ether oxygens (including phenoxy) is 2. The second-order valence-electron chi connectivity index (χ2n) is 14.5. The van der Waals surface area contributed by atoms with Crippen molar-refractivity contribution in [2.45, 2.75) is 112 Å². The standard InChI is InChI=1S/C31H48O7/c1-17(2)14-18(32)16-30(7,36)19-10-12-28(5)20(19)15-21-23-29(28,6)13-11-22(31(23,8)26(35)38-21)27(3,4)24(33)25(34)37-9/h14,19-23,26,35-36H,10-13,15-16H2,1-9H3. The zero-order valence-corrected chi connectivity index (χ0v) is 24.7. The van der Waals surface area contributed by atoms with Crippen LogP contribution >= 0.6 is 0 Å². The highest BCUT2D eigenvalue weighted by molar-refractivity contribution is 6.35. The Morgan fingerprint density at radius 3 is 2.24 bits per heavy atom. The summed E-state index contributed by atoms with van der Waals surface area (Å²) in [4.78, 5) is 38.1. The van der Waals surface area contributed by atoms with Gasteiger partial charge in [-0.2, -0.15) is 0 Å². The van der Waals surface area contributed by atoms with Crippen LogP contribution in [0.15, 0.2) is 11.6 Å². The molecule has 2 N–H and O–H groups in total. The SMILES string of the molecule is COC(=O)C(=O)C(C)(C)C1CCC2(C)C3C(CC4C(C(C)(O)CC(=O)C=C(C)C)CCC42C)OC(O)C13C. The van der Waals surface area contributed by atoms with Crippen molar-refractivity contribution in [3.8, 4) is 0 Å². The molecule has 38 heavy (non-hydrogen) atoms. The zero-order valence-electron chi connectivity index (χ0n) is 24.7. The van der Waals surface area contributed by atoms with Crippen molar-refractivity contribution in [1.29, 1.82) is 0 Å². The van der Waals surface area contributed by atoms with Gasteiger partial charge in [-0.1, -0.05) is 40.2 Å². The maximum atomic E-state index is 13.2. The lowest BCUT2D eigenvalue weighted by Gasteiger charge is -2.66. The largest absolute Gasteiger partial charge is 0.463 e. The Kier molecular flexibility index (Phi) is 7.15. The first-order chi connectivity index (χ1) is 17.4. The fraction of sp³-hybridized carbons (Fsp3) is 0.839. The van der Waals surface area contributed by atoms with Gasteiger partial charge in [0.15, 0.2) is 12.1 Å². The number of aliphatic hydroxyl groups excluding tert-OH is 1. The number of carbonyl (C=O) groups excluding carboxylic acids is 3. The third-order valence-corrected chi connectivity index (χ3v) is 11.9. The van der Waals surface area contributed by atoms with Crippen molar-refractivity contribution in [3.63, 3.8) is 0 Å². The van der Waals surface area contributed by atoms with Crippen LogP contribution < -0.4 is 0 Å². The van der Waals surface area contributed by atoms with Gasteiger partial charge >= 0.3 is 5.97 Å². The molecule has 0 amide bonds. The van der Waals surface area contributed by atoms with Crippen molar-refractivity contribution in [3.05, 3.63) is 11.6 Å². The van der Waals surface area contributed by atoms with E-state index in [9.17, 15) is 24.6 Å². The summed E-state index contributed by atoms with van der Waals surface area (Å²) < 4.78 is 11.1. The molecule has 4 fully saturated rings. The molecule has 3 saturated carbocycles. The van der Waals surface area contributed by atoms with E-state index in [1.165, 1.54) is 7.11 Å². The fourth-order valence-corrected chi connectivity index (χ4v) is 10.1. The van der Waals surface area contributed by atoms with Gasteiger partial charge in [0.1, 0.15) is 0 Å².